The fourth-order valence-electron chi connectivity index (χ4n) is 3.43. The van der Waals surface area contributed by atoms with Crippen LogP contribution in [0.2, 0.25) is 0 Å². The molecule has 0 spiro atoms. The number of nitrogens with zero attached hydrogens (tertiary/aromatic N) is 4. The van der Waals surface area contributed by atoms with Crippen LogP contribution in [0.4, 0.5) is 0 Å². The number of carbonyl (C=O) groups is 2. The molecule has 0 saturated heterocycles. The van der Waals surface area contributed by atoms with E-state index in [9.17, 15) is 9.59 Å². The van der Waals surface area contributed by atoms with Crippen LogP contribution in [-0.2, 0) is 6.54 Å². The first-order valence-electron chi connectivity index (χ1n) is 10.3. The topological polar surface area (TPSA) is 80.1 Å². The number of aromatic nitrogens is 3. The van der Waals surface area contributed by atoms with E-state index < -0.39 is 0 Å². The minimum Gasteiger partial charge on any atom is -0.349 e. The van der Waals surface area contributed by atoms with Crippen molar-refractivity contribution in [2.24, 2.45) is 0 Å². The number of nitrogens with one attached hydrogen (secondary N) is 1. The van der Waals surface area contributed by atoms with Crippen molar-refractivity contribution in [2.75, 3.05) is 0 Å². The van der Waals surface area contributed by atoms with Crippen LogP contribution in [0.15, 0.2) is 61.1 Å². The molecule has 7 nitrogen and oxygen atoms in total. The summed E-state index contributed by atoms with van der Waals surface area (Å²) in [6.45, 7) is 0.523. The number of hydrogen-bond acceptors (Lipinski definition) is 4. The molecule has 2 fully saturated rings. The van der Waals surface area contributed by atoms with E-state index in [0.29, 0.717) is 29.5 Å². The Kier molecular flexibility index (Phi) is 4.78. The van der Waals surface area contributed by atoms with E-state index in [1.54, 1.807) is 29.2 Å². The maximum absolute atomic E-state index is 13.1. The third-order valence-corrected chi connectivity index (χ3v) is 5.46. The van der Waals surface area contributed by atoms with Gasteiger partial charge in [-0.05, 0) is 61.6 Å². The Labute approximate surface area is 174 Å². The van der Waals surface area contributed by atoms with Crippen molar-refractivity contribution in [3.05, 3.63) is 77.7 Å². The summed E-state index contributed by atoms with van der Waals surface area (Å²) in [5.74, 6) is 0.629. The largest absolute Gasteiger partial charge is 0.349 e. The van der Waals surface area contributed by atoms with Crippen LogP contribution in [0.1, 0.15) is 52.0 Å². The molecule has 3 aromatic rings. The van der Waals surface area contributed by atoms with Gasteiger partial charge >= 0.3 is 0 Å². The first-order valence-corrected chi connectivity index (χ1v) is 10.3. The van der Waals surface area contributed by atoms with Crippen LogP contribution < -0.4 is 5.32 Å². The van der Waals surface area contributed by atoms with E-state index in [1.807, 2.05) is 41.4 Å². The fourth-order valence-corrected chi connectivity index (χ4v) is 3.43. The van der Waals surface area contributed by atoms with Crippen molar-refractivity contribution in [3.8, 4) is 5.82 Å². The number of pyridine rings is 1. The maximum atomic E-state index is 13.1. The highest BCUT2D eigenvalue weighted by molar-refractivity contribution is 5.95. The van der Waals surface area contributed by atoms with Gasteiger partial charge in [-0.25, -0.2) is 9.67 Å². The van der Waals surface area contributed by atoms with Crippen LogP contribution >= 0.6 is 0 Å². The number of carbonyl (C=O) groups excluding carboxylic acids is 2. The zero-order valence-corrected chi connectivity index (χ0v) is 16.6. The zero-order chi connectivity index (χ0) is 20.5. The molecular weight excluding hydrogens is 378 g/mol. The lowest BCUT2D eigenvalue weighted by Gasteiger charge is -2.23. The molecular formula is C23H23N5O2. The molecule has 1 aromatic carbocycles. The number of benzene rings is 1. The third kappa shape index (κ3) is 4.10. The minimum absolute atomic E-state index is 0.0208. The van der Waals surface area contributed by atoms with Crippen LogP contribution in [-0.4, -0.2) is 43.6 Å². The molecule has 2 heterocycles. The van der Waals surface area contributed by atoms with E-state index in [1.165, 1.54) is 0 Å². The van der Waals surface area contributed by atoms with E-state index in [4.69, 9.17) is 0 Å². The van der Waals surface area contributed by atoms with Gasteiger partial charge in [-0.3, -0.25) is 9.59 Å². The first-order chi connectivity index (χ1) is 14.7. The van der Waals surface area contributed by atoms with Gasteiger partial charge in [0.05, 0.1) is 5.56 Å². The summed E-state index contributed by atoms with van der Waals surface area (Å²) in [6.07, 6.45) is 9.30. The van der Waals surface area contributed by atoms with Gasteiger partial charge in [0.25, 0.3) is 11.8 Å². The number of amides is 2. The quantitative estimate of drug-likeness (QED) is 0.660. The Hall–Kier alpha value is -3.48. The third-order valence-electron chi connectivity index (χ3n) is 5.46. The Morgan fingerprint density at radius 2 is 1.80 bits per heavy atom. The molecule has 7 heteroatoms. The lowest BCUT2D eigenvalue weighted by Crippen LogP contribution is -2.32. The molecule has 1 N–H and O–H groups in total. The average Bonchev–Trinajstić information content (AvgIpc) is 3.72. The van der Waals surface area contributed by atoms with Crippen molar-refractivity contribution in [2.45, 2.75) is 44.3 Å². The number of rotatable bonds is 7. The first kappa shape index (κ1) is 18.5. The average molecular weight is 401 g/mol. The van der Waals surface area contributed by atoms with Crippen molar-refractivity contribution < 1.29 is 9.59 Å². The van der Waals surface area contributed by atoms with Gasteiger partial charge in [-0.1, -0.05) is 12.1 Å². The molecule has 2 aliphatic rings. The monoisotopic (exact) mass is 401 g/mol. The highest BCUT2D eigenvalue weighted by Crippen LogP contribution is 2.30. The fraction of sp³-hybridized carbons (Fsp3) is 0.304. The van der Waals surface area contributed by atoms with Gasteiger partial charge in [0.15, 0.2) is 5.82 Å². The minimum atomic E-state index is -0.0254. The highest BCUT2D eigenvalue weighted by atomic mass is 16.2. The molecule has 0 aliphatic heterocycles. The van der Waals surface area contributed by atoms with E-state index in [2.05, 4.69) is 15.4 Å². The van der Waals surface area contributed by atoms with Crippen molar-refractivity contribution in [3.63, 3.8) is 0 Å². The van der Waals surface area contributed by atoms with E-state index in [0.717, 1.165) is 31.2 Å². The molecule has 0 radical (unpaired) electrons. The van der Waals surface area contributed by atoms with E-state index in [-0.39, 0.29) is 17.9 Å². The molecule has 2 saturated carbocycles. The van der Waals surface area contributed by atoms with Crippen molar-refractivity contribution in [1.29, 1.82) is 0 Å². The van der Waals surface area contributed by atoms with Gasteiger partial charge in [-0.2, -0.15) is 5.10 Å². The summed E-state index contributed by atoms with van der Waals surface area (Å²) in [7, 11) is 0. The normalized spacial score (nSPS) is 15.6. The molecule has 0 atom stereocenters. The summed E-state index contributed by atoms with van der Waals surface area (Å²) < 4.78 is 1.66. The lowest BCUT2D eigenvalue weighted by molar-refractivity contribution is 0.0729. The van der Waals surface area contributed by atoms with Gasteiger partial charge < -0.3 is 10.2 Å². The second-order valence-corrected chi connectivity index (χ2v) is 7.96. The molecule has 152 valence electrons. The molecule has 2 amide bonds. The second kappa shape index (κ2) is 7.74. The summed E-state index contributed by atoms with van der Waals surface area (Å²) in [5.41, 5.74) is 2.24. The van der Waals surface area contributed by atoms with E-state index >= 15 is 0 Å². The van der Waals surface area contributed by atoms with Gasteiger partial charge in [0.2, 0.25) is 0 Å². The molecule has 2 aromatic heterocycles. The second-order valence-electron chi connectivity index (χ2n) is 7.96. The van der Waals surface area contributed by atoms with Gasteiger partial charge in [0, 0.05) is 42.8 Å². The summed E-state index contributed by atoms with van der Waals surface area (Å²) in [4.78, 5) is 31.6. The molecule has 5 rings (SSSR count). The van der Waals surface area contributed by atoms with Crippen LogP contribution in [0, 0.1) is 0 Å². The Balaban J connectivity index is 1.28. The summed E-state index contributed by atoms with van der Waals surface area (Å²) in [5, 5.41) is 7.16. The standard InChI is InChI=1S/C23H23N5O2/c29-22(26-19-7-8-19)17-4-2-16(3-5-17)15-27(20-9-10-20)23(30)18-6-11-21(24-14-18)28-13-1-12-25-28/h1-6,11-14,19-20H,7-10,15H2,(H,26,29). The lowest BCUT2D eigenvalue weighted by atomic mass is 10.1. The number of hydrogen-bond donors (Lipinski definition) is 1. The maximum Gasteiger partial charge on any atom is 0.255 e. The van der Waals surface area contributed by atoms with Crippen molar-refractivity contribution in [1.82, 2.24) is 25.0 Å². The molecule has 30 heavy (non-hydrogen) atoms. The SMILES string of the molecule is O=C(NC1CC1)c1ccc(CN(C(=O)c2ccc(-n3cccn3)nc2)C2CC2)cc1. The molecule has 0 unspecified atom stereocenters. The summed E-state index contributed by atoms with van der Waals surface area (Å²) >= 11 is 0. The zero-order valence-electron chi connectivity index (χ0n) is 16.6. The smallest absolute Gasteiger partial charge is 0.255 e. The van der Waals surface area contributed by atoms with Gasteiger partial charge in [-0.15, -0.1) is 0 Å². The highest BCUT2D eigenvalue weighted by Gasteiger charge is 2.33. The predicted molar refractivity (Wildman–Crippen MR) is 111 cm³/mol. The van der Waals surface area contributed by atoms with Crippen molar-refractivity contribution >= 4 is 11.8 Å². The molecule has 0 bridgehead atoms. The Morgan fingerprint density at radius 3 is 2.40 bits per heavy atom. The Morgan fingerprint density at radius 1 is 1.03 bits per heavy atom. The summed E-state index contributed by atoms with van der Waals surface area (Å²) in [6, 6.07) is 13.6. The van der Waals surface area contributed by atoms with Crippen LogP contribution in [0.5, 0.6) is 0 Å². The predicted octanol–water partition coefficient (Wildman–Crippen LogP) is 2.96. The molecule has 2 aliphatic carbocycles. The van der Waals surface area contributed by atoms with Crippen LogP contribution in [0.3, 0.4) is 0 Å². The van der Waals surface area contributed by atoms with Gasteiger partial charge in [0.1, 0.15) is 0 Å². The van der Waals surface area contributed by atoms with Crippen LogP contribution in [0.25, 0.3) is 5.82 Å². The Bertz CT molecular complexity index is 1040.